The molecule has 1 saturated heterocycles. The van der Waals surface area contributed by atoms with E-state index in [2.05, 4.69) is 15.4 Å². The molecule has 1 heterocycles. The SMILES string of the molecule is COC(=O)C1CCNC(=O)N1. The largest absolute Gasteiger partial charge is 0.467 e. The molecule has 0 radical (unpaired) electrons. The Labute approximate surface area is 64.1 Å². The summed E-state index contributed by atoms with van der Waals surface area (Å²) in [4.78, 5) is 21.5. The molecule has 2 N–H and O–H groups in total. The molecule has 0 aromatic carbocycles. The first kappa shape index (κ1) is 7.84. The summed E-state index contributed by atoms with van der Waals surface area (Å²) in [6.07, 6.45) is 0.582. The van der Waals surface area contributed by atoms with Gasteiger partial charge in [-0.1, -0.05) is 0 Å². The van der Waals surface area contributed by atoms with Crippen molar-refractivity contribution in [3.05, 3.63) is 0 Å². The van der Waals surface area contributed by atoms with Crippen molar-refractivity contribution in [1.29, 1.82) is 0 Å². The van der Waals surface area contributed by atoms with Gasteiger partial charge in [-0.15, -0.1) is 0 Å². The third kappa shape index (κ3) is 1.83. The highest BCUT2D eigenvalue weighted by Crippen LogP contribution is 1.97. The van der Waals surface area contributed by atoms with E-state index >= 15 is 0 Å². The average Bonchev–Trinajstić information content (AvgIpc) is 2.03. The van der Waals surface area contributed by atoms with Crippen LogP contribution in [-0.4, -0.2) is 31.7 Å². The lowest BCUT2D eigenvalue weighted by atomic mass is 10.2. The van der Waals surface area contributed by atoms with Crippen molar-refractivity contribution in [2.45, 2.75) is 12.5 Å². The highest BCUT2D eigenvalue weighted by molar-refractivity contribution is 5.84. The highest BCUT2D eigenvalue weighted by Gasteiger charge is 2.24. The number of hydrogen-bond donors (Lipinski definition) is 2. The lowest BCUT2D eigenvalue weighted by Gasteiger charge is -2.21. The van der Waals surface area contributed by atoms with Crippen molar-refractivity contribution in [3.8, 4) is 0 Å². The number of ether oxygens (including phenoxy) is 1. The van der Waals surface area contributed by atoms with Crippen molar-refractivity contribution < 1.29 is 14.3 Å². The number of nitrogens with one attached hydrogen (secondary N) is 2. The third-order valence-electron chi connectivity index (χ3n) is 1.51. The second kappa shape index (κ2) is 3.23. The zero-order valence-corrected chi connectivity index (χ0v) is 6.22. The molecule has 0 aromatic heterocycles. The van der Waals surface area contributed by atoms with Gasteiger partial charge in [-0.2, -0.15) is 0 Å². The fourth-order valence-electron chi connectivity index (χ4n) is 0.931. The number of amides is 2. The summed E-state index contributed by atoms with van der Waals surface area (Å²) in [5.74, 6) is -0.389. The Morgan fingerprint density at radius 3 is 3.00 bits per heavy atom. The summed E-state index contributed by atoms with van der Waals surface area (Å²) in [5.41, 5.74) is 0. The Kier molecular flexibility index (Phi) is 2.30. The van der Waals surface area contributed by atoms with Crippen molar-refractivity contribution in [3.63, 3.8) is 0 Å². The summed E-state index contributed by atoms with van der Waals surface area (Å²) >= 11 is 0. The minimum Gasteiger partial charge on any atom is -0.467 e. The molecule has 1 unspecified atom stereocenters. The fourth-order valence-corrected chi connectivity index (χ4v) is 0.931. The highest BCUT2D eigenvalue weighted by atomic mass is 16.5. The molecule has 62 valence electrons. The van der Waals surface area contributed by atoms with Gasteiger partial charge in [-0.3, -0.25) is 0 Å². The Bertz CT molecular complexity index is 181. The maximum Gasteiger partial charge on any atom is 0.328 e. The molecule has 0 aromatic rings. The van der Waals surface area contributed by atoms with Gasteiger partial charge in [0.15, 0.2) is 0 Å². The maximum absolute atomic E-state index is 10.8. The second-order valence-electron chi connectivity index (χ2n) is 2.26. The molecular weight excluding hydrogens is 148 g/mol. The van der Waals surface area contributed by atoms with Crippen LogP contribution in [0.15, 0.2) is 0 Å². The molecule has 1 fully saturated rings. The number of carbonyl (C=O) groups excluding carboxylic acids is 2. The molecule has 1 atom stereocenters. The number of rotatable bonds is 1. The smallest absolute Gasteiger partial charge is 0.328 e. The molecule has 1 rings (SSSR count). The molecule has 5 nitrogen and oxygen atoms in total. The summed E-state index contributed by atoms with van der Waals surface area (Å²) in [5, 5.41) is 4.98. The predicted octanol–water partition coefficient (Wildman–Crippen LogP) is -0.769. The van der Waals surface area contributed by atoms with E-state index in [1.54, 1.807) is 0 Å². The monoisotopic (exact) mass is 158 g/mol. The minimum atomic E-state index is -0.478. The van der Waals surface area contributed by atoms with E-state index in [-0.39, 0.29) is 12.0 Å². The van der Waals surface area contributed by atoms with Crippen molar-refractivity contribution >= 4 is 12.0 Å². The fraction of sp³-hybridized carbons (Fsp3) is 0.667. The molecular formula is C6H10N2O3. The summed E-state index contributed by atoms with van der Waals surface area (Å²) < 4.78 is 4.46. The van der Waals surface area contributed by atoms with Crippen LogP contribution in [0.25, 0.3) is 0 Å². The topological polar surface area (TPSA) is 67.4 Å². The van der Waals surface area contributed by atoms with Crippen molar-refractivity contribution in [2.75, 3.05) is 13.7 Å². The third-order valence-corrected chi connectivity index (χ3v) is 1.51. The molecule has 11 heavy (non-hydrogen) atoms. The molecule has 1 aliphatic rings. The van der Waals surface area contributed by atoms with E-state index in [1.165, 1.54) is 7.11 Å². The van der Waals surface area contributed by atoms with Crippen LogP contribution in [-0.2, 0) is 9.53 Å². The Hall–Kier alpha value is -1.26. The molecule has 0 saturated carbocycles. The first-order valence-corrected chi connectivity index (χ1v) is 3.36. The quantitative estimate of drug-likeness (QED) is 0.492. The van der Waals surface area contributed by atoms with E-state index < -0.39 is 6.04 Å². The lowest BCUT2D eigenvalue weighted by molar-refractivity contribution is -0.143. The predicted molar refractivity (Wildman–Crippen MR) is 37.0 cm³/mol. The van der Waals surface area contributed by atoms with Crippen LogP contribution in [0.5, 0.6) is 0 Å². The Morgan fingerprint density at radius 2 is 2.45 bits per heavy atom. The minimum absolute atomic E-state index is 0.313. The van der Waals surface area contributed by atoms with Crippen LogP contribution < -0.4 is 10.6 Å². The zero-order chi connectivity index (χ0) is 8.27. The molecule has 0 bridgehead atoms. The molecule has 5 heteroatoms. The average molecular weight is 158 g/mol. The molecule has 0 aliphatic carbocycles. The van der Waals surface area contributed by atoms with Gasteiger partial charge in [0.2, 0.25) is 0 Å². The Balaban J connectivity index is 2.45. The van der Waals surface area contributed by atoms with E-state index in [0.29, 0.717) is 13.0 Å². The van der Waals surface area contributed by atoms with Gasteiger partial charge in [-0.25, -0.2) is 9.59 Å². The molecule has 1 aliphatic heterocycles. The van der Waals surface area contributed by atoms with Crippen LogP contribution in [0, 0.1) is 0 Å². The van der Waals surface area contributed by atoms with Gasteiger partial charge >= 0.3 is 12.0 Å². The van der Waals surface area contributed by atoms with Crippen LogP contribution in [0.4, 0.5) is 4.79 Å². The first-order valence-electron chi connectivity index (χ1n) is 3.36. The van der Waals surface area contributed by atoms with Gasteiger partial charge in [0.25, 0.3) is 0 Å². The van der Waals surface area contributed by atoms with Gasteiger partial charge in [0.1, 0.15) is 6.04 Å². The number of carbonyl (C=O) groups is 2. The molecule has 2 amide bonds. The summed E-state index contributed by atoms with van der Waals surface area (Å²) in [6.45, 7) is 0.519. The normalized spacial score (nSPS) is 23.4. The van der Waals surface area contributed by atoms with Gasteiger partial charge < -0.3 is 15.4 Å². The van der Waals surface area contributed by atoms with Gasteiger partial charge in [0, 0.05) is 6.54 Å². The standard InChI is InChI=1S/C6H10N2O3/c1-11-5(9)4-2-3-7-6(10)8-4/h4H,2-3H2,1H3,(H2,7,8,10). The summed E-state index contributed by atoms with van der Waals surface area (Å²) in [6, 6.07) is -0.791. The number of methoxy groups -OCH3 is 1. The van der Waals surface area contributed by atoms with Crippen molar-refractivity contribution in [2.24, 2.45) is 0 Å². The summed E-state index contributed by atoms with van der Waals surface area (Å²) in [7, 11) is 1.30. The first-order chi connectivity index (χ1) is 5.24. The lowest BCUT2D eigenvalue weighted by Crippen LogP contribution is -2.52. The Morgan fingerprint density at radius 1 is 1.73 bits per heavy atom. The molecule has 0 spiro atoms. The number of hydrogen-bond acceptors (Lipinski definition) is 3. The zero-order valence-electron chi connectivity index (χ0n) is 6.22. The van der Waals surface area contributed by atoms with Crippen molar-refractivity contribution in [1.82, 2.24) is 10.6 Å². The van der Waals surface area contributed by atoms with Crippen LogP contribution >= 0.6 is 0 Å². The van der Waals surface area contributed by atoms with E-state index in [0.717, 1.165) is 0 Å². The van der Waals surface area contributed by atoms with E-state index in [4.69, 9.17) is 0 Å². The van der Waals surface area contributed by atoms with E-state index in [1.807, 2.05) is 0 Å². The number of esters is 1. The second-order valence-corrected chi connectivity index (χ2v) is 2.26. The van der Waals surface area contributed by atoms with Gasteiger partial charge in [-0.05, 0) is 6.42 Å². The van der Waals surface area contributed by atoms with Crippen LogP contribution in [0.1, 0.15) is 6.42 Å². The van der Waals surface area contributed by atoms with E-state index in [9.17, 15) is 9.59 Å². The van der Waals surface area contributed by atoms with Gasteiger partial charge in [0.05, 0.1) is 7.11 Å². The van der Waals surface area contributed by atoms with Crippen LogP contribution in [0.2, 0.25) is 0 Å². The maximum atomic E-state index is 10.8. The number of urea groups is 1. The van der Waals surface area contributed by atoms with Crippen LogP contribution in [0.3, 0.4) is 0 Å².